The molecule has 0 aromatic heterocycles. The van der Waals surface area contributed by atoms with Gasteiger partial charge in [-0.25, -0.2) is 0 Å². The van der Waals surface area contributed by atoms with Crippen molar-refractivity contribution in [1.82, 2.24) is 4.90 Å². The van der Waals surface area contributed by atoms with E-state index in [-0.39, 0.29) is 6.42 Å². The number of hydrogen-bond acceptors (Lipinski definition) is 2. The van der Waals surface area contributed by atoms with Gasteiger partial charge in [0.1, 0.15) is 0 Å². The monoisotopic (exact) mass is 524 g/mol. The highest BCUT2D eigenvalue weighted by molar-refractivity contribution is 5.48. The first kappa shape index (κ1) is 29.0. The summed E-state index contributed by atoms with van der Waals surface area (Å²) in [4.78, 5) is 2.14. The molecule has 0 bridgehead atoms. The highest BCUT2D eigenvalue weighted by Crippen LogP contribution is 2.51. The second-order valence-electron chi connectivity index (χ2n) is 9.92. The van der Waals surface area contributed by atoms with E-state index in [0.29, 0.717) is 57.3 Å². The lowest BCUT2D eigenvalue weighted by atomic mass is 9.61. The third-order valence-corrected chi connectivity index (χ3v) is 7.68. The number of rotatable bonds is 10. The smallest absolute Gasteiger partial charge is 0.303 e. The van der Waals surface area contributed by atoms with Crippen LogP contribution in [0.5, 0.6) is 0 Å². The largest absolute Gasteiger partial charge is 0.416 e. The lowest BCUT2D eigenvalue weighted by molar-refractivity contribution is -0.145. The molecule has 1 atom stereocenters. The predicted molar refractivity (Wildman–Crippen MR) is 132 cm³/mol. The Bertz CT molecular complexity index is 1000. The van der Waals surface area contributed by atoms with Crippen molar-refractivity contribution < 1.29 is 26.3 Å². The molecule has 1 saturated carbocycles. The van der Waals surface area contributed by atoms with Crippen molar-refractivity contribution in [2.45, 2.75) is 76.1 Å². The molecular weight excluding hydrogens is 490 g/mol. The zero-order valence-electron chi connectivity index (χ0n) is 21.1. The van der Waals surface area contributed by atoms with E-state index in [2.05, 4.69) is 11.0 Å². The quantitative estimate of drug-likeness (QED) is 0.292. The van der Waals surface area contributed by atoms with Crippen LogP contribution >= 0.6 is 0 Å². The van der Waals surface area contributed by atoms with Crippen LogP contribution < -0.4 is 0 Å². The second kappa shape index (κ2) is 12.3. The summed E-state index contributed by atoms with van der Waals surface area (Å²) < 4.78 is 84.8. The van der Waals surface area contributed by atoms with E-state index < -0.39 is 40.4 Å². The van der Waals surface area contributed by atoms with Gasteiger partial charge in [-0.3, -0.25) is 0 Å². The SMILES string of the molecule is CCN(CCCC(C#N)(c1c(C(F)(F)F)cccc1C(F)(F)F)C1CCCCC1)CCc1ccccc1. The number of benzene rings is 2. The normalized spacial score (nSPS) is 16.9. The molecule has 1 unspecified atom stereocenters. The van der Waals surface area contributed by atoms with Crippen molar-refractivity contribution >= 4 is 0 Å². The van der Waals surface area contributed by atoms with Gasteiger partial charge in [0.05, 0.1) is 22.6 Å². The molecule has 37 heavy (non-hydrogen) atoms. The third-order valence-electron chi connectivity index (χ3n) is 7.68. The Morgan fingerprint density at radius 1 is 0.838 bits per heavy atom. The number of likely N-dealkylation sites (N-methyl/N-ethyl adjacent to an activating group) is 1. The maximum Gasteiger partial charge on any atom is 0.416 e. The van der Waals surface area contributed by atoms with Gasteiger partial charge in [0.2, 0.25) is 0 Å². The van der Waals surface area contributed by atoms with Crippen molar-refractivity contribution in [3.05, 3.63) is 70.8 Å². The summed E-state index contributed by atoms with van der Waals surface area (Å²) in [5.74, 6) is -0.560. The third kappa shape index (κ3) is 7.07. The van der Waals surface area contributed by atoms with Gasteiger partial charge in [-0.05, 0) is 74.4 Å². The van der Waals surface area contributed by atoms with Crippen molar-refractivity contribution in [2.75, 3.05) is 19.6 Å². The molecule has 0 spiro atoms. The minimum atomic E-state index is -5.00. The average Bonchev–Trinajstić information content (AvgIpc) is 2.88. The van der Waals surface area contributed by atoms with Gasteiger partial charge in [0.25, 0.3) is 0 Å². The molecule has 1 aliphatic carbocycles. The molecule has 0 saturated heterocycles. The Hall–Kier alpha value is -2.53. The second-order valence-corrected chi connectivity index (χ2v) is 9.92. The van der Waals surface area contributed by atoms with Crippen LogP contribution in [0, 0.1) is 17.2 Å². The number of halogens is 6. The highest BCUT2D eigenvalue weighted by atomic mass is 19.4. The van der Waals surface area contributed by atoms with E-state index in [9.17, 15) is 31.6 Å². The van der Waals surface area contributed by atoms with E-state index in [1.165, 1.54) is 0 Å². The van der Waals surface area contributed by atoms with Gasteiger partial charge in [0.15, 0.2) is 0 Å². The molecule has 1 fully saturated rings. The summed E-state index contributed by atoms with van der Waals surface area (Å²) >= 11 is 0. The van der Waals surface area contributed by atoms with Crippen molar-refractivity contribution in [2.24, 2.45) is 5.92 Å². The minimum Gasteiger partial charge on any atom is -0.303 e. The van der Waals surface area contributed by atoms with E-state index in [0.717, 1.165) is 31.0 Å². The van der Waals surface area contributed by atoms with Gasteiger partial charge in [-0.15, -0.1) is 0 Å². The Morgan fingerprint density at radius 3 is 1.95 bits per heavy atom. The van der Waals surface area contributed by atoms with Crippen LogP contribution in [0.2, 0.25) is 0 Å². The molecule has 1 aliphatic rings. The maximum atomic E-state index is 14.1. The summed E-state index contributed by atoms with van der Waals surface area (Å²) in [6.07, 6.45) is -5.78. The molecule has 2 aromatic carbocycles. The molecule has 0 radical (unpaired) electrons. The first-order valence-electron chi connectivity index (χ1n) is 13.0. The lowest BCUT2D eigenvalue weighted by Gasteiger charge is -2.41. The Labute approximate surface area is 215 Å². The van der Waals surface area contributed by atoms with Crippen LogP contribution in [0.25, 0.3) is 0 Å². The summed E-state index contributed by atoms with van der Waals surface area (Å²) in [6.45, 7) is 3.89. The van der Waals surface area contributed by atoms with Gasteiger partial charge in [-0.1, -0.05) is 62.6 Å². The number of hydrogen-bond donors (Lipinski definition) is 0. The molecule has 202 valence electrons. The molecule has 0 N–H and O–H groups in total. The number of nitrogens with zero attached hydrogens (tertiary/aromatic N) is 2. The van der Waals surface area contributed by atoms with E-state index in [1.807, 2.05) is 37.3 Å². The fourth-order valence-corrected chi connectivity index (χ4v) is 5.78. The standard InChI is InChI=1S/C29H34F6N2/c1-2-37(20-17-22-11-5-3-6-12-22)19-10-18-27(21-36,23-13-7-4-8-14-23)26-24(28(30,31)32)15-9-16-25(26)29(33,34)35/h3,5-6,9,11-12,15-16,23H,2,4,7-8,10,13-14,17-20H2,1H3. The minimum absolute atomic E-state index is 0.0494. The fraction of sp³-hybridized carbons (Fsp3) is 0.552. The van der Waals surface area contributed by atoms with Crippen molar-refractivity contribution in [1.29, 1.82) is 5.26 Å². The van der Waals surface area contributed by atoms with Gasteiger partial charge in [0, 0.05) is 6.54 Å². The van der Waals surface area contributed by atoms with Crippen molar-refractivity contribution in [3.8, 4) is 6.07 Å². The zero-order chi connectivity index (χ0) is 27.1. The van der Waals surface area contributed by atoms with Crippen LogP contribution in [0.4, 0.5) is 26.3 Å². The Balaban J connectivity index is 1.96. The highest BCUT2D eigenvalue weighted by Gasteiger charge is 2.51. The summed E-state index contributed by atoms with van der Waals surface area (Å²) in [7, 11) is 0. The topological polar surface area (TPSA) is 27.0 Å². The van der Waals surface area contributed by atoms with Crippen LogP contribution in [0.3, 0.4) is 0 Å². The van der Waals surface area contributed by atoms with Crippen LogP contribution in [0.15, 0.2) is 48.5 Å². The molecule has 0 heterocycles. The van der Waals surface area contributed by atoms with E-state index in [1.54, 1.807) is 0 Å². The lowest BCUT2D eigenvalue weighted by Crippen LogP contribution is -2.40. The van der Waals surface area contributed by atoms with Gasteiger partial charge in [-0.2, -0.15) is 31.6 Å². The number of alkyl halides is 6. The average molecular weight is 525 g/mol. The van der Waals surface area contributed by atoms with Crippen molar-refractivity contribution in [3.63, 3.8) is 0 Å². The summed E-state index contributed by atoms with van der Waals surface area (Å²) in [6, 6.07) is 14.1. The van der Waals surface area contributed by atoms with Crippen LogP contribution in [-0.4, -0.2) is 24.5 Å². The van der Waals surface area contributed by atoms with E-state index >= 15 is 0 Å². The Morgan fingerprint density at radius 2 is 1.43 bits per heavy atom. The Kier molecular flexibility index (Phi) is 9.68. The predicted octanol–water partition coefficient (Wildman–Crippen LogP) is 8.41. The molecule has 0 aliphatic heterocycles. The molecule has 0 amide bonds. The molecule has 2 nitrogen and oxygen atoms in total. The van der Waals surface area contributed by atoms with Crippen LogP contribution in [0.1, 0.15) is 74.1 Å². The first-order chi connectivity index (χ1) is 17.5. The zero-order valence-corrected chi connectivity index (χ0v) is 21.1. The van der Waals surface area contributed by atoms with Gasteiger partial charge >= 0.3 is 12.4 Å². The first-order valence-corrected chi connectivity index (χ1v) is 13.0. The van der Waals surface area contributed by atoms with E-state index in [4.69, 9.17) is 0 Å². The van der Waals surface area contributed by atoms with Gasteiger partial charge < -0.3 is 4.90 Å². The fourth-order valence-electron chi connectivity index (χ4n) is 5.78. The molecule has 2 aromatic rings. The van der Waals surface area contributed by atoms with Crippen LogP contribution in [-0.2, 0) is 24.2 Å². The summed E-state index contributed by atoms with van der Waals surface area (Å²) in [5, 5.41) is 10.4. The summed E-state index contributed by atoms with van der Waals surface area (Å²) in [5.41, 5.74) is -4.27. The molecule has 8 heteroatoms. The maximum absolute atomic E-state index is 14.1. The molecular formula is C29H34F6N2. The molecule has 3 rings (SSSR count). The number of nitriles is 1.